The number of rotatable bonds is 2. The van der Waals surface area contributed by atoms with Gasteiger partial charge in [0.1, 0.15) is 0 Å². The highest BCUT2D eigenvalue weighted by atomic mass is 127. The van der Waals surface area contributed by atoms with Crippen LogP contribution in [0.2, 0.25) is 0 Å². The normalized spacial score (nSPS) is 35.8. The number of halogens is 2. The summed E-state index contributed by atoms with van der Waals surface area (Å²) in [5.41, 5.74) is 1.03. The Morgan fingerprint density at radius 1 is 1.23 bits per heavy atom. The van der Waals surface area contributed by atoms with E-state index in [1.165, 1.54) is 19.3 Å². The van der Waals surface area contributed by atoms with Gasteiger partial charge in [-0.05, 0) is 74.7 Å². The summed E-state index contributed by atoms with van der Waals surface area (Å²) in [4.78, 5) is 0. The Morgan fingerprint density at radius 2 is 1.85 bits per heavy atom. The molecule has 0 saturated heterocycles. The van der Waals surface area contributed by atoms with Crippen molar-refractivity contribution in [1.82, 2.24) is 0 Å². The summed E-state index contributed by atoms with van der Waals surface area (Å²) < 4.78 is 0.223. The SMILES string of the molecule is CC1CCC(C(C)C)C(P(I)I)C1. The van der Waals surface area contributed by atoms with E-state index in [4.69, 9.17) is 0 Å². The van der Waals surface area contributed by atoms with Crippen molar-refractivity contribution in [2.45, 2.75) is 45.7 Å². The fourth-order valence-electron chi connectivity index (χ4n) is 2.38. The molecule has 3 unspecified atom stereocenters. The lowest BCUT2D eigenvalue weighted by atomic mass is 9.77. The Kier molecular flexibility index (Phi) is 5.81. The van der Waals surface area contributed by atoms with Gasteiger partial charge in [0.25, 0.3) is 0 Å². The molecule has 0 N–H and O–H groups in total. The molecule has 0 radical (unpaired) electrons. The van der Waals surface area contributed by atoms with Crippen molar-refractivity contribution in [2.24, 2.45) is 17.8 Å². The zero-order valence-electron chi connectivity index (χ0n) is 8.63. The monoisotopic (exact) mass is 424 g/mol. The maximum atomic E-state index is 2.67. The van der Waals surface area contributed by atoms with Gasteiger partial charge in [-0.2, -0.15) is 0 Å². The first-order valence-electron chi connectivity index (χ1n) is 5.13. The number of hydrogen-bond donors (Lipinski definition) is 0. The molecule has 0 amide bonds. The molecule has 1 aliphatic rings. The van der Waals surface area contributed by atoms with E-state index in [-0.39, 0.29) is 3.21 Å². The molecule has 1 aliphatic carbocycles. The maximum Gasteiger partial charge on any atom is 0.0281 e. The zero-order chi connectivity index (χ0) is 10.0. The summed E-state index contributed by atoms with van der Waals surface area (Å²) in [6, 6.07) is 0. The van der Waals surface area contributed by atoms with Crippen molar-refractivity contribution < 1.29 is 0 Å². The molecule has 0 aromatic carbocycles. The van der Waals surface area contributed by atoms with Crippen LogP contribution in [0.15, 0.2) is 0 Å². The molecular weight excluding hydrogens is 405 g/mol. The van der Waals surface area contributed by atoms with Crippen LogP contribution in [0.1, 0.15) is 40.0 Å². The Morgan fingerprint density at radius 3 is 2.31 bits per heavy atom. The van der Waals surface area contributed by atoms with Crippen LogP contribution in [-0.2, 0) is 0 Å². The highest BCUT2D eigenvalue weighted by Gasteiger charge is 2.33. The predicted octanol–water partition coefficient (Wildman–Crippen LogP) is 5.63. The van der Waals surface area contributed by atoms with Crippen LogP contribution in [0, 0.1) is 17.8 Å². The fourth-order valence-corrected chi connectivity index (χ4v) is 7.52. The smallest absolute Gasteiger partial charge is 0.0281 e. The minimum Gasteiger partial charge on any atom is -0.0625 e. The first kappa shape index (κ1) is 13.0. The summed E-state index contributed by atoms with van der Waals surface area (Å²) in [7, 11) is 0. The topological polar surface area (TPSA) is 0 Å². The van der Waals surface area contributed by atoms with Crippen LogP contribution in [0.25, 0.3) is 0 Å². The molecule has 0 aromatic rings. The van der Waals surface area contributed by atoms with E-state index in [2.05, 4.69) is 64.9 Å². The van der Waals surface area contributed by atoms with Gasteiger partial charge in [0, 0.05) is 8.87 Å². The molecule has 78 valence electrons. The predicted molar refractivity (Wildman–Crippen MR) is 80.1 cm³/mol. The van der Waals surface area contributed by atoms with Crippen LogP contribution in [0.5, 0.6) is 0 Å². The third-order valence-electron chi connectivity index (χ3n) is 3.24. The first-order chi connectivity index (χ1) is 6.02. The number of hydrogen-bond acceptors (Lipinski definition) is 0. The van der Waals surface area contributed by atoms with E-state index in [1.807, 2.05) is 0 Å². The minimum absolute atomic E-state index is 0.223. The standard InChI is InChI=1S/C10H19I2P/c1-7(2)9-5-4-8(3)6-10(9)13(11)12/h7-10H,4-6H2,1-3H3. The van der Waals surface area contributed by atoms with Crippen LogP contribution >= 0.6 is 47.3 Å². The highest BCUT2D eigenvalue weighted by Crippen LogP contribution is 2.64. The Hall–Kier alpha value is 1.89. The molecule has 1 fully saturated rings. The molecule has 13 heavy (non-hydrogen) atoms. The molecule has 1 saturated carbocycles. The molecule has 0 aliphatic heterocycles. The van der Waals surface area contributed by atoms with Gasteiger partial charge in [0.05, 0.1) is 0 Å². The van der Waals surface area contributed by atoms with Crippen molar-refractivity contribution in [3.63, 3.8) is 0 Å². The van der Waals surface area contributed by atoms with E-state index < -0.39 is 0 Å². The lowest BCUT2D eigenvalue weighted by Gasteiger charge is -2.38. The van der Waals surface area contributed by atoms with Crippen molar-refractivity contribution in [1.29, 1.82) is 0 Å². The van der Waals surface area contributed by atoms with E-state index in [0.29, 0.717) is 0 Å². The third-order valence-corrected chi connectivity index (χ3v) is 8.63. The molecule has 0 heterocycles. The van der Waals surface area contributed by atoms with E-state index in [0.717, 1.165) is 23.4 Å². The van der Waals surface area contributed by atoms with Gasteiger partial charge in [-0.15, -0.1) is 0 Å². The molecule has 0 nitrogen and oxygen atoms in total. The van der Waals surface area contributed by atoms with Crippen LogP contribution < -0.4 is 0 Å². The van der Waals surface area contributed by atoms with Gasteiger partial charge in [-0.25, -0.2) is 0 Å². The average Bonchev–Trinajstić information content (AvgIpc) is 2.03. The zero-order valence-corrected chi connectivity index (χ0v) is 13.8. The summed E-state index contributed by atoms with van der Waals surface area (Å²) in [6.07, 6.45) is 4.44. The molecule has 3 atom stereocenters. The van der Waals surface area contributed by atoms with Gasteiger partial charge < -0.3 is 0 Å². The Labute approximate surface area is 110 Å². The van der Waals surface area contributed by atoms with Crippen molar-refractivity contribution in [2.75, 3.05) is 0 Å². The van der Waals surface area contributed by atoms with E-state index in [1.54, 1.807) is 0 Å². The minimum atomic E-state index is 0.223. The van der Waals surface area contributed by atoms with Crippen molar-refractivity contribution >= 4 is 47.3 Å². The fraction of sp³-hybridized carbons (Fsp3) is 1.00. The van der Waals surface area contributed by atoms with Gasteiger partial charge in [-0.3, -0.25) is 0 Å². The second kappa shape index (κ2) is 5.83. The molecule has 0 bridgehead atoms. The Bertz CT molecular complexity index is 159. The summed E-state index contributed by atoms with van der Waals surface area (Å²) in [5, 5.41) is 0. The van der Waals surface area contributed by atoms with Gasteiger partial charge >= 0.3 is 0 Å². The van der Waals surface area contributed by atoms with E-state index >= 15 is 0 Å². The maximum absolute atomic E-state index is 2.67. The largest absolute Gasteiger partial charge is 0.0625 e. The van der Waals surface area contributed by atoms with Crippen molar-refractivity contribution in [3.8, 4) is 0 Å². The molecule has 0 aromatic heterocycles. The van der Waals surface area contributed by atoms with Gasteiger partial charge in [0.15, 0.2) is 0 Å². The highest BCUT2D eigenvalue weighted by molar-refractivity contribution is 14.3. The first-order valence-corrected chi connectivity index (χ1v) is 12.1. The molecular formula is C10H19I2P. The molecule has 0 spiro atoms. The summed E-state index contributed by atoms with van der Waals surface area (Å²) >= 11 is 5.34. The van der Waals surface area contributed by atoms with Gasteiger partial charge in [0.2, 0.25) is 0 Å². The summed E-state index contributed by atoms with van der Waals surface area (Å²) in [5.74, 6) is 2.89. The van der Waals surface area contributed by atoms with Crippen LogP contribution in [0.4, 0.5) is 0 Å². The Balaban J connectivity index is 2.60. The second-order valence-corrected chi connectivity index (χ2v) is 17.6. The van der Waals surface area contributed by atoms with Crippen LogP contribution in [-0.4, -0.2) is 5.66 Å². The third kappa shape index (κ3) is 3.75. The van der Waals surface area contributed by atoms with E-state index in [9.17, 15) is 0 Å². The quantitative estimate of drug-likeness (QED) is 0.399. The second-order valence-electron chi connectivity index (χ2n) is 4.65. The van der Waals surface area contributed by atoms with Crippen molar-refractivity contribution in [3.05, 3.63) is 0 Å². The lowest BCUT2D eigenvalue weighted by molar-refractivity contribution is 0.243. The summed E-state index contributed by atoms with van der Waals surface area (Å²) in [6.45, 7) is 7.23. The molecule has 1 rings (SSSR count). The lowest BCUT2D eigenvalue weighted by Crippen LogP contribution is -2.29. The van der Waals surface area contributed by atoms with Crippen LogP contribution in [0.3, 0.4) is 0 Å². The molecule has 3 heteroatoms. The van der Waals surface area contributed by atoms with Gasteiger partial charge in [-0.1, -0.05) is 27.2 Å². The average molecular weight is 424 g/mol.